The largest absolute Gasteiger partial charge is 0.496 e. The van der Waals surface area contributed by atoms with Gasteiger partial charge in [-0.2, -0.15) is 0 Å². The molecule has 38 heavy (non-hydrogen) atoms. The summed E-state index contributed by atoms with van der Waals surface area (Å²) in [6.45, 7) is 1.88. The molecular weight excluding hydrogens is 500 g/mol. The fourth-order valence-electron chi connectivity index (χ4n) is 5.68. The molecule has 8 heteroatoms. The van der Waals surface area contributed by atoms with Gasteiger partial charge in [-0.15, -0.1) is 0 Å². The molecule has 1 aromatic heterocycles. The smallest absolute Gasteiger partial charge is 0.239 e. The molecule has 1 aliphatic carbocycles. The van der Waals surface area contributed by atoms with E-state index in [1.165, 1.54) is 19.3 Å². The van der Waals surface area contributed by atoms with Gasteiger partial charge in [0.15, 0.2) is 5.78 Å². The van der Waals surface area contributed by atoms with Crippen LogP contribution in [0.3, 0.4) is 0 Å². The van der Waals surface area contributed by atoms with E-state index in [9.17, 15) is 9.59 Å². The Morgan fingerprint density at radius 1 is 1.13 bits per heavy atom. The highest BCUT2D eigenvalue weighted by Crippen LogP contribution is 2.32. The summed E-state index contributed by atoms with van der Waals surface area (Å²) in [5.41, 5.74) is 4.74. The first-order chi connectivity index (χ1) is 18.5. The number of hydrogen-bond acceptors (Lipinski definition) is 6. The lowest BCUT2D eigenvalue weighted by molar-refractivity contribution is -0.120. The third-order valence-electron chi connectivity index (χ3n) is 7.55. The summed E-state index contributed by atoms with van der Waals surface area (Å²) < 4.78 is 5.41. The normalized spacial score (nSPS) is 16.2. The van der Waals surface area contributed by atoms with Crippen LogP contribution in [-0.4, -0.2) is 54.4 Å². The minimum absolute atomic E-state index is 0.0184. The van der Waals surface area contributed by atoms with Crippen molar-refractivity contribution in [1.29, 1.82) is 0 Å². The standard InChI is InChI=1S/C30H35ClN4O3/c1-38-28-12-11-21(31)15-20(28)16-23(36)18-35-14-13-27-25(19-35)30(24-9-5-6-10-26(24)34-27)32-17-29(37)33-22-7-3-2-4-8-22/h5-6,9-12,15,22H,2-4,7-8,13-14,16-19H2,1H3,(H,32,34)(H,33,37). The van der Waals surface area contributed by atoms with Crippen molar-refractivity contribution in [3.8, 4) is 5.75 Å². The first-order valence-electron chi connectivity index (χ1n) is 13.5. The number of fused-ring (bicyclic) bond motifs is 2. The summed E-state index contributed by atoms with van der Waals surface area (Å²) in [4.78, 5) is 32.9. The van der Waals surface area contributed by atoms with Gasteiger partial charge in [-0.1, -0.05) is 49.1 Å². The van der Waals surface area contributed by atoms with E-state index >= 15 is 0 Å². The summed E-state index contributed by atoms with van der Waals surface area (Å²) in [5.74, 6) is 0.786. The van der Waals surface area contributed by atoms with Gasteiger partial charge in [0.25, 0.3) is 0 Å². The number of anilines is 1. The number of amides is 1. The van der Waals surface area contributed by atoms with Crippen molar-refractivity contribution >= 4 is 39.9 Å². The van der Waals surface area contributed by atoms with E-state index in [1.54, 1.807) is 25.3 Å². The first-order valence-corrected chi connectivity index (χ1v) is 13.9. The molecular formula is C30H35ClN4O3. The highest BCUT2D eigenvalue weighted by atomic mass is 35.5. The maximum absolute atomic E-state index is 13.0. The number of ether oxygens (including phenoxy) is 1. The van der Waals surface area contributed by atoms with Crippen molar-refractivity contribution < 1.29 is 14.3 Å². The number of carbonyl (C=O) groups excluding carboxylic acids is 2. The van der Waals surface area contributed by atoms with Crippen molar-refractivity contribution in [2.75, 3.05) is 32.1 Å². The van der Waals surface area contributed by atoms with Gasteiger partial charge < -0.3 is 15.4 Å². The molecule has 0 atom stereocenters. The lowest BCUT2D eigenvalue weighted by Gasteiger charge is -2.30. The number of aromatic nitrogens is 1. The zero-order valence-electron chi connectivity index (χ0n) is 21.9. The number of carbonyl (C=O) groups is 2. The molecule has 0 radical (unpaired) electrons. The summed E-state index contributed by atoms with van der Waals surface area (Å²) >= 11 is 6.16. The molecule has 7 nitrogen and oxygen atoms in total. The molecule has 1 amide bonds. The fraction of sp³-hybridized carbons (Fsp3) is 0.433. The van der Waals surface area contributed by atoms with Crippen molar-refractivity contribution in [1.82, 2.24) is 15.2 Å². The van der Waals surface area contributed by atoms with Gasteiger partial charge in [-0.3, -0.25) is 19.5 Å². The van der Waals surface area contributed by atoms with Gasteiger partial charge >= 0.3 is 0 Å². The van der Waals surface area contributed by atoms with Crippen LogP contribution in [0.15, 0.2) is 42.5 Å². The van der Waals surface area contributed by atoms with Crippen LogP contribution >= 0.6 is 11.6 Å². The Morgan fingerprint density at radius 3 is 2.76 bits per heavy atom. The van der Waals surface area contributed by atoms with Crippen molar-refractivity contribution in [2.24, 2.45) is 0 Å². The minimum Gasteiger partial charge on any atom is -0.496 e. The van der Waals surface area contributed by atoms with Gasteiger partial charge in [-0.05, 0) is 37.1 Å². The second-order valence-corrected chi connectivity index (χ2v) is 10.8. The molecule has 1 aliphatic heterocycles. The number of nitrogens with zero attached hydrogens (tertiary/aromatic N) is 2. The van der Waals surface area contributed by atoms with E-state index in [4.69, 9.17) is 21.3 Å². The summed E-state index contributed by atoms with van der Waals surface area (Å²) in [7, 11) is 1.60. The van der Waals surface area contributed by atoms with E-state index in [1.807, 2.05) is 24.3 Å². The van der Waals surface area contributed by atoms with Crippen LogP contribution in [0.4, 0.5) is 5.69 Å². The molecule has 0 unspecified atom stereocenters. The second-order valence-electron chi connectivity index (χ2n) is 10.3. The molecule has 2 N–H and O–H groups in total. The number of ketones is 1. The monoisotopic (exact) mass is 534 g/mol. The molecule has 1 saturated carbocycles. The maximum Gasteiger partial charge on any atom is 0.239 e. The maximum atomic E-state index is 13.0. The first kappa shape index (κ1) is 26.4. The Kier molecular flexibility index (Phi) is 8.45. The number of pyridine rings is 1. The average Bonchev–Trinajstić information content (AvgIpc) is 2.92. The topological polar surface area (TPSA) is 83.6 Å². The molecule has 0 saturated heterocycles. The molecule has 3 aromatic rings. The zero-order chi connectivity index (χ0) is 26.5. The highest BCUT2D eigenvalue weighted by Gasteiger charge is 2.25. The van der Waals surface area contributed by atoms with Crippen LogP contribution in [0.5, 0.6) is 5.75 Å². The van der Waals surface area contributed by atoms with Crippen LogP contribution in [0.1, 0.15) is 48.9 Å². The van der Waals surface area contributed by atoms with Crippen molar-refractivity contribution in [3.63, 3.8) is 0 Å². The van der Waals surface area contributed by atoms with Crippen molar-refractivity contribution in [2.45, 2.75) is 57.5 Å². The van der Waals surface area contributed by atoms with Crippen LogP contribution in [0, 0.1) is 0 Å². The predicted octanol–water partition coefficient (Wildman–Crippen LogP) is 4.93. The lowest BCUT2D eigenvalue weighted by Crippen LogP contribution is -2.40. The zero-order valence-corrected chi connectivity index (χ0v) is 22.7. The summed E-state index contributed by atoms with van der Waals surface area (Å²) in [5, 5.41) is 8.22. The van der Waals surface area contributed by atoms with Crippen LogP contribution in [-0.2, 0) is 29.0 Å². The number of hydrogen-bond donors (Lipinski definition) is 2. The van der Waals surface area contributed by atoms with Crippen LogP contribution < -0.4 is 15.4 Å². The van der Waals surface area contributed by atoms with Gasteiger partial charge in [0.2, 0.25) is 5.91 Å². The van der Waals surface area contributed by atoms with Crippen molar-refractivity contribution in [3.05, 3.63) is 64.3 Å². The molecule has 5 rings (SSSR count). The van der Waals surface area contributed by atoms with Crippen LogP contribution in [0.25, 0.3) is 10.9 Å². The van der Waals surface area contributed by atoms with Crippen LogP contribution in [0.2, 0.25) is 5.02 Å². The van der Waals surface area contributed by atoms with E-state index < -0.39 is 0 Å². The van der Waals surface area contributed by atoms with E-state index in [0.717, 1.165) is 59.2 Å². The minimum atomic E-state index is 0.0184. The van der Waals surface area contributed by atoms with E-state index in [2.05, 4.69) is 15.5 Å². The van der Waals surface area contributed by atoms with E-state index in [0.29, 0.717) is 23.9 Å². The number of nitrogens with one attached hydrogen (secondary N) is 2. The molecule has 2 aromatic carbocycles. The Morgan fingerprint density at radius 2 is 1.95 bits per heavy atom. The lowest BCUT2D eigenvalue weighted by atomic mass is 9.95. The number of Topliss-reactive ketones (excluding diaryl/α,β-unsaturated/α-hetero) is 1. The number of rotatable bonds is 9. The second kappa shape index (κ2) is 12.1. The number of para-hydroxylation sites is 1. The molecule has 200 valence electrons. The Bertz CT molecular complexity index is 1320. The predicted molar refractivity (Wildman–Crippen MR) is 151 cm³/mol. The van der Waals surface area contributed by atoms with Gasteiger partial charge in [0, 0.05) is 59.2 Å². The fourth-order valence-corrected chi connectivity index (χ4v) is 5.87. The molecule has 2 aliphatic rings. The summed E-state index contributed by atoms with van der Waals surface area (Å²) in [6, 6.07) is 13.7. The highest BCUT2D eigenvalue weighted by molar-refractivity contribution is 6.30. The third-order valence-corrected chi connectivity index (χ3v) is 7.79. The Hall–Kier alpha value is -3.16. The molecule has 1 fully saturated rings. The quantitative estimate of drug-likeness (QED) is 0.405. The summed E-state index contributed by atoms with van der Waals surface area (Å²) in [6.07, 6.45) is 6.74. The molecule has 0 spiro atoms. The van der Waals surface area contributed by atoms with Gasteiger partial charge in [0.05, 0.1) is 31.4 Å². The molecule has 2 heterocycles. The number of methoxy groups -OCH3 is 1. The third kappa shape index (κ3) is 6.27. The number of halogens is 1. The number of benzene rings is 2. The average molecular weight is 535 g/mol. The van der Waals surface area contributed by atoms with Gasteiger partial charge in [-0.25, -0.2) is 0 Å². The Labute approximate surface area is 228 Å². The Balaban J connectivity index is 1.30. The van der Waals surface area contributed by atoms with Gasteiger partial charge in [0.1, 0.15) is 5.75 Å². The SMILES string of the molecule is COc1ccc(Cl)cc1CC(=O)CN1CCc2nc3ccccc3c(NCC(=O)NC3CCCCC3)c2C1. The van der Waals surface area contributed by atoms with E-state index in [-0.39, 0.29) is 30.7 Å². The molecule has 0 bridgehead atoms.